The van der Waals surface area contributed by atoms with Crippen molar-refractivity contribution >= 4 is 28.4 Å². The quantitative estimate of drug-likeness (QED) is 0.829. The van der Waals surface area contributed by atoms with Crippen molar-refractivity contribution in [2.75, 3.05) is 26.2 Å². The van der Waals surface area contributed by atoms with Crippen LogP contribution >= 0.6 is 11.6 Å². The fraction of sp³-hybridized carbons (Fsp3) is 0.524. The molecule has 0 bridgehead atoms. The van der Waals surface area contributed by atoms with Gasteiger partial charge in [-0.05, 0) is 56.8 Å². The van der Waals surface area contributed by atoms with Gasteiger partial charge in [-0.3, -0.25) is 14.7 Å². The Hall–Kier alpha value is -1.69. The van der Waals surface area contributed by atoms with Crippen molar-refractivity contribution in [1.29, 1.82) is 0 Å². The zero-order valence-electron chi connectivity index (χ0n) is 15.6. The average molecular weight is 387 g/mol. The van der Waals surface area contributed by atoms with Gasteiger partial charge in [0.25, 0.3) is 0 Å². The SMILES string of the molecule is O=C(NCC1CCCN(Cc2c(Cl)ccc3cccnc23)C1)C1CCCN1. The molecular formula is C21H27ClN4O. The Kier molecular flexibility index (Phi) is 5.91. The number of hydrogen-bond donors (Lipinski definition) is 2. The molecule has 2 aliphatic heterocycles. The summed E-state index contributed by atoms with van der Waals surface area (Å²) in [5.74, 6) is 0.650. The van der Waals surface area contributed by atoms with Crippen molar-refractivity contribution in [1.82, 2.24) is 20.5 Å². The van der Waals surface area contributed by atoms with E-state index in [9.17, 15) is 4.79 Å². The molecule has 144 valence electrons. The minimum absolute atomic E-state index is 0.00487. The van der Waals surface area contributed by atoms with Gasteiger partial charge in [-0.25, -0.2) is 0 Å². The summed E-state index contributed by atoms with van der Waals surface area (Å²) in [6, 6.07) is 8.04. The predicted octanol–water partition coefficient (Wildman–Crippen LogP) is 2.97. The molecule has 1 aromatic carbocycles. The van der Waals surface area contributed by atoms with Crippen molar-refractivity contribution in [2.45, 2.75) is 38.3 Å². The van der Waals surface area contributed by atoms with E-state index in [1.54, 1.807) is 0 Å². The van der Waals surface area contributed by atoms with Crippen LogP contribution < -0.4 is 10.6 Å². The molecule has 1 amide bonds. The summed E-state index contributed by atoms with van der Waals surface area (Å²) in [5.41, 5.74) is 2.10. The van der Waals surface area contributed by atoms with E-state index in [-0.39, 0.29) is 11.9 Å². The molecule has 2 fully saturated rings. The molecule has 5 nitrogen and oxygen atoms in total. The van der Waals surface area contributed by atoms with Crippen LogP contribution in [0.4, 0.5) is 0 Å². The van der Waals surface area contributed by atoms with Crippen molar-refractivity contribution in [3.63, 3.8) is 0 Å². The molecule has 4 rings (SSSR count). The maximum Gasteiger partial charge on any atom is 0.237 e. The molecule has 0 spiro atoms. The third kappa shape index (κ3) is 4.42. The lowest BCUT2D eigenvalue weighted by atomic mass is 9.97. The number of nitrogens with one attached hydrogen (secondary N) is 2. The van der Waals surface area contributed by atoms with E-state index in [1.807, 2.05) is 24.4 Å². The summed E-state index contributed by atoms with van der Waals surface area (Å²) < 4.78 is 0. The first-order valence-electron chi connectivity index (χ1n) is 9.96. The van der Waals surface area contributed by atoms with Crippen LogP contribution in [0.15, 0.2) is 30.5 Å². The summed E-state index contributed by atoms with van der Waals surface area (Å²) in [5, 5.41) is 8.33. The minimum Gasteiger partial charge on any atom is -0.354 e. The Bertz CT molecular complexity index is 806. The first-order chi connectivity index (χ1) is 13.2. The number of carbonyl (C=O) groups is 1. The Morgan fingerprint density at radius 2 is 2.22 bits per heavy atom. The van der Waals surface area contributed by atoms with E-state index < -0.39 is 0 Å². The Labute approximate surface area is 165 Å². The number of likely N-dealkylation sites (tertiary alicyclic amines) is 1. The summed E-state index contributed by atoms with van der Waals surface area (Å²) in [4.78, 5) is 19.2. The van der Waals surface area contributed by atoms with Crippen LogP contribution in [0.25, 0.3) is 10.9 Å². The number of benzene rings is 1. The molecule has 2 N–H and O–H groups in total. The topological polar surface area (TPSA) is 57.3 Å². The summed E-state index contributed by atoms with van der Waals surface area (Å²) in [6.45, 7) is 4.57. The van der Waals surface area contributed by atoms with Gasteiger partial charge in [0, 0.05) is 41.8 Å². The number of amides is 1. The Morgan fingerprint density at radius 3 is 3.07 bits per heavy atom. The maximum absolute atomic E-state index is 12.2. The molecule has 2 unspecified atom stereocenters. The maximum atomic E-state index is 12.2. The van der Waals surface area contributed by atoms with Gasteiger partial charge in [-0.1, -0.05) is 23.7 Å². The molecule has 3 heterocycles. The van der Waals surface area contributed by atoms with Crippen LogP contribution in [0.3, 0.4) is 0 Å². The van der Waals surface area contributed by atoms with E-state index in [1.165, 1.54) is 0 Å². The van der Waals surface area contributed by atoms with E-state index in [0.29, 0.717) is 5.92 Å². The number of rotatable bonds is 5. The number of piperidine rings is 1. The van der Waals surface area contributed by atoms with Crippen molar-refractivity contribution in [3.05, 3.63) is 41.0 Å². The first kappa shape index (κ1) is 18.7. The largest absolute Gasteiger partial charge is 0.354 e. The molecule has 2 aromatic rings. The molecule has 0 aliphatic carbocycles. The van der Waals surface area contributed by atoms with Crippen molar-refractivity contribution in [3.8, 4) is 0 Å². The number of hydrogen-bond acceptors (Lipinski definition) is 4. The fourth-order valence-corrected chi connectivity index (χ4v) is 4.51. The van der Waals surface area contributed by atoms with Crippen LogP contribution in [-0.2, 0) is 11.3 Å². The van der Waals surface area contributed by atoms with Gasteiger partial charge in [-0.15, -0.1) is 0 Å². The second-order valence-corrected chi connectivity index (χ2v) is 8.15. The zero-order valence-corrected chi connectivity index (χ0v) is 16.3. The second kappa shape index (κ2) is 8.55. The molecule has 6 heteroatoms. The molecular weight excluding hydrogens is 360 g/mol. The van der Waals surface area contributed by atoms with Gasteiger partial charge in [0.05, 0.1) is 11.6 Å². The molecule has 0 radical (unpaired) electrons. The molecule has 1 aromatic heterocycles. The highest BCUT2D eigenvalue weighted by Gasteiger charge is 2.25. The first-order valence-corrected chi connectivity index (χ1v) is 10.3. The van der Waals surface area contributed by atoms with E-state index in [2.05, 4.69) is 26.6 Å². The number of nitrogens with zero attached hydrogens (tertiary/aromatic N) is 2. The smallest absolute Gasteiger partial charge is 0.237 e. The van der Waals surface area contributed by atoms with Gasteiger partial charge >= 0.3 is 0 Å². The predicted molar refractivity (Wildman–Crippen MR) is 109 cm³/mol. The van der Waals surface area contributed by atoms with Crippen LogP contribution in [-0.4, -0.2) is 48.0 Å². The van der Waals surface area contributed by atoms with Gasteiger partial charge in [0.2, 0.25) is 5.91 Å². The fourth-order valence-electron chi connectivity index (χ4n) is 4.29. The highest BCUT2D eigenvalue weighted by Crippen LogP contribution is 2.27. The van der Waals surface area contributed by atoms with Gasteiger partial charge in [0.1, 0.15) is 0 Å². The lowest BCUT2D eigenvalue weighted by Gasteiger charge is -2.33. The third-order valence-electron chi connectivity index (χ3n) is 5.75. The number of pyridine rings is 1. The van der Waals surface area contributed by atoms with E-state index in [4.69, 9.17) is 11.6 Å². The number of aromatic nitrogens is 1. The zero-order chi connectivity index (χ0) is 18.6. The van der Waals surface area contributed by atoms with Gasteiger partial charge < -0.3 is 10.6 Å². The monoisotopic (exact) mass is 386 g/mol. The molecule has 27 heavy (non-hydrogen) atoms. The summed E-state index contributed by atoms with van der Waals surface area (Å²) in [6.07, 6.45) is 6.19. The summed E-state index contributed by atoms with van der Waals surface area (Å²) >= 11 is 6.50. The van der Waals surface area contributed by atoms with E-state index in [0.717, 1.165) is 79.9 Å². The van der Waals surface area contributed by atoms with Crippen molar-refractivity contribution in [2.24, 2.45) is 5.92 Å². The summed E-state index contributed by atoms with van der Waals surface area (Å²) in [7, 11) is 0. The normalized spacial score (nSPS) is 23.6. The molecule has 0 saturated carbocycles. The van der Waals surface area contributed by atoms with Crippen LogP contribution in [0.5, 0.6) is 0 Å². The van der Waals surface area contributed by atoms with Crippen LogP contribution in [0.2, 0.25) is 5.02 Å². The highest BCUT2D eigenvalue weighted by atomic mass is 35.5. The van der Waals surface area contributed by atoms with Crippen LogP contribution in [0.1, 0.15) is 31.2 Å². The lowest BCUT2D eigenvalue weighted by Crippen LogP contribution is -2.45. The van der Waals surface area contributed by atoms with Crippen molar-refractivity contribution < 1.29 is 4.79 Å². The number of carbonyl (C=O) groups excluding carboxylic acids is 1. The molecule has 2 atom stereocenters. The molecule has 2 aliphatic rings. The lowest BCUT2D eigenvalue weighted by molar-refractivity contribution is -0.123. The average Bonchev–Trinajstić information content (AvgIpc) is 3.24. The van der Waals surface area contributed by atoms with Gasteiger partial charge in [-0.2, -0.15) is 0 Å². The van der Waals surface area contributed by atoms with Crippen LogP contribution in [0, 0.1) is 5.92 Å². The molecule has 2 saturated heterocycles. The number of halogens is 1. The third-order valence-corrected chi connectivity index (χ3v) is 6.10. The highest BCUT2D eigenvalue weighted by molar-refractivity contribution is 6.32. The number of fused-ring (bicyclic) bond motifs is 1. The van der Waals surface area contributed by atoms with E-state index >= 15 is 0 Å². The second-order valence-electron chi connectivity index (χ2n) is 7.74. The standard InChI is InChI=1S/C21H27ClN4O/c22-18-8-7-16-5-1-10-24-20(16)17(18)14-26-11-3-4-15(13-26)12-25-21(27)19-6-2-9-23-19/h1,5,7-8,10,15,19,23H,2-4,6,9,11-14H2,(H,25,27). The Morgan fingerprint density at radius 1 is 1.30 bits per heavy atom. The van der Waals surface area contributed by atoms with Gasteiger partial charge in [0.15, 0.2) is 0 Å². The Balaban J connectivity index is 1.37. The minimum atomic E-state index is 0.00487.